The Morgan fingerprint density at radius 1 is 1.44 bits per heavy atom. The van der Waals surface area contributed by atoms with E-state index in [9.17, 15) is 9.59 Å². The number of hydrogen-bond acceptors (Lipinski definition) is 3. The van der Waals surface area contributed by atoms with Crippen molar-refractivity contribution >= 4 is 0 Å². The maximum Gasteiger partial charge on any atom is 0.328 e. The van der Waals surface area contributed by atoms with Crippen molar-refractivity contribution in [2.45, 2.75) is 13.3 Å². The Bertz CT molecular complexity index is 459. The van der Waals surface area contributed by atoms with Crippen LogP contribution in [0.1, 0.15) is 12.5 Å². The largest absolute Gasteiger partial charge is 0.328 e. The van der Waals surface area contributed by atoms with Gasteiger partial charge in [0.05, 0.1) is 0 Å². The molecular formula is C11H19N3O2. The predicted molar refractivity (Wildman–Crippen MR) is 63.7 cm³/mol. The van der Waals surface area contributed by atoms with Crippen LogP contribution in [-0.2, 0) is 13.5 Å². The van der Waals surface area contributed by atoms with Crippen LogP contribution in [0, 0.1) is 5.92 Å². The molecule has 1 aromatic heterocycles. The first-order valence-corrected chi connectivity index (χ1v) is 5.34. The van der Waals surface area contributed by atoms with Crippen molar-refractivity contribution in [1.29, 1.82) is 0 Å². The van der Waals surface area contributed by atoms with Crippen LogP contribution in [0.5, 0.6) is 0 Å². The molecule has 1 aromatic rings. The van der Waals surface area contributed by atoms with Gasteiger partial charge in [-0.1, -0.05) is 6.92 Å². The molecule has 0 aliphatic heterocycles. The highest BCUT2D eigenvalue weighted by atomic mass is 16.2. The molecule has 5 heteroatoms. The lowest BCUT2D eigenvalue weighted by Crippen LogP contribution is -2.35. The first-order valence-electron chi connectivity index (χ1n) is 5.34. The summed E-state index contributed by atoms with van der Waals surface area (Å²) >= 11 is 0. The van der Waals surface area contributed by atoms with Crippen LogP contribution in [0.3, 0.4) is 0 Å². The van der Waals surface area contributed by atoms with E-state index in [1.165, 1.54) is 13.2 Å². The number of aromatic amines is 1. The van der Waals surface area contributed by atoms with Gasteiger partial charge in [0.1, 0.15) is 0 Å². The number of hydrogen-bond donors (Lipinski definition) is 1. The van der Waals surface area contributed by atoms with Crippen molar-refractivity contribution < 1.29 is 0 Å². The predicted octanol–water partition coefficient (Wildman–Crippen LogP) is -0.186. The quantitative estimate of drug-likeness (QED) is 0.773. The first-order chi connectivity index (χ1) is 7.41. The Kier molecular flexibility index (Phi) is 4.06. The lowest BCUT2D eigenvalue weighted by molar-refractivity contribution is 0.337. The van der Waals surface area contributed by atoms with Gasteiger partial charge in [-0.25, -0.2) is 4.79 Å². The monoisotopic (exact) mass is 225 g/mol. The highest BCUT2D eigenvalue weighted by molar-refractivity contribution is 5.05. The fourth-order valence-electron chi connectivity index (χ4n) is 1.82. The average molecular weight is 225 g/mol. The standard InChI is InChI=1S/C11H19N3O2/c1-8(7-13(2)3)5-9-6-12-11(16)14(4)10(9)15/h6,8H,5,7H2,1-4H3,(H,12,16). The molecule has 0 saturated carbocycles. The smallest absolute Gasteiger partial charge is 0.314 e. The van der Waals surface area contributed by atoms with Gasteiger partial charge in [0.2, 0.25) is 0 Å². The van der Waals surface area contributed by atoms with Gasteiger partial charge < -0.3 is 9.88 Å². The Hall–Kier alpha value is -1.36. The molecule has 0 bridgehead atoms. The number of H-pyrrole nitrogens is 1. The van der Waals surface area contributed by atoms with Gasteiger partial charge in [-0.05, 0) is 26.4 Å². The van der Waals surface area contributed by atoms with E-state index in [0.29, 0.717) is 17.9 Å². The SMILES string of the molecule is CC(Cc1c[nH]c(=O)n(C)c1=O)CN(C)C. The van der Waals surface area contributed by atoms with Crippen LogP contribution in [-0.4, -0.2) is 35.1 Å². The minimum absolute atomic E-state index is 0.200. The molecule has 5 nitrogen and oxygen atoms in total. The zero-order valence-corrected chi connectivity index (χ0v) is 10.3. The summed E-state index contributed by atoms with van der Waals surface area (Å²) in [4.78, 5) is 27.5. The van der Waals surface area contributed by atoms with E-state index in [0.717, 1.165) is 11.1 Å². The third kappa shape index (κ3) is 3.06. The molecular weight excluding hydrogens is 206 g/mol. The fourth-order valence-corrected chi connectivity index (χ4v) is 1.82. The summed E-state index contributed by atoms with van der Waals surface area (Å²) in [6.45, 7) is 3.01. The molecule has 0 amide bonds. The molecule has 0 aliphatic carbocycles. The van der Waals surface area contributed by atoms with Crippen molar-refractivity contribution in [2.75, 3.05) is 20.6 Å². The fraction of sp³-hybridized carbons (Fsp3) is 0.636. The molecule has 1 N–H and O–H groups in total. The first kappa shape index (κ1) is 12.7. The van der Waals surface area contributed by atoms with Crippen LogP contribution in [0.25, 0.3) is 0 Å². The molecule has 0 fully saturated rings. The topological polar surface area (TPSA) is 58.1 Å². The summed E-state index contributed by atoms with van der Waals surface area (Å²) < 4.78 is 1.11. The molecule has 0 aliphatic rings. The second-order valence-corrected chi connectivity index (χ2v) is 4.55. The number of nitrogens with one attached hydrogen (secondary N) is 1. The van der Waals surface area contributed by atoms with Gasteiger partial charge in [0, 0.05) is 25.4 Å². The molecule has 1 heterocycles. The number of nitrogens with zero attached hydrogens (tertiary/aromatic N) is 2. The van der Waals surface area contributed by atoms with Crippen molar-refractivity contribution in [2.24, 2.45) is 13.0 Å². The Morgan fingerprint density at radius 3 is 2.62 bits per heavy atom. The second kappa shape index (κ2) is 5.12. The van der Waals surface area contributed by atoms with E-state index in [1.807, 2.05) is 14.1 Å². The van der Waals surface area contributed by atoms with Crippen molar-refractivity contribution in [3.05, 3.63) is 32.6 Å². The van der Waals surface area contributed by atoms with Crippen molar-refractivity contribution in [3.63, 3.8) is 0 Å². The zero-order chi connectivity index (χ0) is 12.3. The summed E-state index contributed by atoms with van der Waals surface area (Å²) in [5, 5.41) is 0. The van der Waals surface area contributed by atoms with E-state index in [1.54, 1.807) is 0 Å². The van der Waals surface area contributed by atoms with Crippen molar-refractivity contribution in [1.82, 2.24) is 14.5 Å². The van der Waals surface area contributed by atoms with Gasteiger partial charge in [-0.15, -0.1) is 0 Å². The summed E-state index contributed by atoms with van der Waals surface area (Å²) in [5.41, 5.74) is 0.0971. The molecule has 0 radical (unpaired) electrons. The Morgan fingerprint density at radius 2 is 2.06 bits per heavy atom. The minimum atomic E-state index is -0.367. The van der Waals surface area contributed by atoms with Gasteiger partial charge >= 0.3 is 5.69 Å². The van der Waals surface area contributed by atoms with Gasteiger partial charge in [0.25, 0.3) is 5.56 Å². The number of rotatable bonds is 4. The highest BCUT2D eigenvalue weighted by Crippen LogP contribution is 2.03. The molecule has 0 saturated heterocycles. The Labute approximate surface area is 94.7 Å². The van der Waals surface area contributed by atoms with Crippen LogP contribution >= 0.6 is 0 Å². The molecule has 1 unspecified atom stereocenters. The maximum absolute atomic E-state index is 11.7. The van der Waals surface area contributed by atoms with Crippen LogP contribution in [0.2, 0.25) is 0 Å². The van der Waals surface area contributed by atoms with Crippen LogP contribution in [0.15, 0.2) is 15.8 Å². The molecule has 1 atom stereocenters. The van der Waals surface area contributed by atoms with E-state index >= 15 is 0 Å². The molecule has 16 heavy (non-hydrogen) atoms. The lowest BCUT2D eigenvalue weighted by Gasteiger charge is -2.16. The van der Waals surface area contributed by atoms with Crippen molar-refractivity contribution in [3.8, 4) is 0 Å². The molecule has 1 rings (SSSR count). The average Bonchev–Trinajstić information content (AvgIpc) is 2.18. The molecule has 0 spiro atoms. The van der Waals surface area contributed by atoms with Gasteiger partial charge in [-0.3, -0.25) is 9.36 Å². The van der Waals surface area contributed by atoms with E-state index in [2.05, 4.69) is 16.8 Å². The highest BCUT2D eigenvalue weighted by Gasteiger charge is 2.09. The van der Waals surface area contributed by atoms with Gasteiger partial charge in [-0.2, -0.15) is 0 Å². The number of aromatic nitrogens is 2. The third-order valence-electron chi connectivity index (χ3n) is 2.50. The Balaban J connectivity index is 2.87. The minimum Gasteiger partial charge on any atom is -0.314 e. The maximum atomic E-state index is 11.7. The van der Waals surface area contributed by atoms with Crippen LogP contribution < -0.4 is 11.2 Å². The summed E-state index contributed by atoms with van der Waals surface area (Å²) in [5.74, 6) is 0.383. The van der Waals surface area contributed by atoms with Crippen LogP contribution in [0.4, 0.5) is 0 Å². The third-order valence-corrected chi connectivity index (χ3v) is 2.50. The summed E-state index contributed by atoms with van der Waals surface area (Å²) in [6.07, 6.45) is 2.21. The van der Waals surface area contributed by atoms with E-state index in [4.69, 9.17) is 0 Å². The second-order valence-electron chi connectivity index (χ2n) is 4.55. The zero-order valence-electron chi connectivity index (χ0n) is 10.3. The van der Waals surface area contributed by atoms with E-state index in [-0.39, 0.29) is 11.2 Å². The molecule has 90 valence electrons. The van der Waals surface area contributed by atoms with E-state index < -0.39 is 0 Å². The summed E-state index contributed by atoms with van der Waals surface area (Å²) in [7, 11) is 5.49. The normalized spacial score (nSPS) is 13.1. The van der Waals surface area contributed by atoms with Gasteiger partial charge in [0.15, 0.2) is 0 Å². The molecule has 0 aromatic carbocycles. The lowest BCUT2D eigenvalue weighted by atomic mass is 10.0. The summed E-state index contributed by atoms with van der Waals surface area (Å²) in [6, 6.07) is 0.